The van der Waals surface area contributed by atoms with Crippen molar-refractivity contribution in [1.82, 2.24) is 5.32 Å². The fourth-order valence-electron chi connectivity index (χ4n) is 2.36. The number of carbonyl (C=O) groups is 1. The average molecular weight is 318 g/mol. The standard InChI is InChI=1S/C19H14N2OS/c20-13-14-6-4-9-16(12-14)19(22)21-18(17-10-5-11-23-17)15-7-2-1-3-8-15/h1-12,18H,(H,21,22). The van der Waals surface area contributed by atoms with Gasteiger partial charge in [-0.3, -0.25) is 4.79 Å². The molecule has 112 valence electrons. The predicted octanol–water partition coefficient (Wildman–Crippen LogP) is 4.14. The van der Waals surface area contributed by atoms with Gasteiger partial charge < -0.3 is 5.32 Å². The van der Waals surface area contributed by atoms with Gasteiger partial charge in [0.1, 0.15) is 0 Å². The molecule has 1 atom stereocenters. The van der Waals surface area contributed by atoms with Crippen LogP contribution in [0.5, 0.6) is 0 Å². The molecule has 4 heteroatoms. The van der Waals surface area contributed by atoms with E-state index in [0.717, 1.165) is 10.4 Å². The van der Waals surface area contributed by atoms with Gasteiger partial charge in [-0.1, -0.05) is 42.5 Å². The van der Waals surface area contributed by atoms with Crippen LogP contribution in [-0.2, 0) is 0 Å². The Kier molecular flexibility index (Phi) is 4.51. The second kappa shape index (κ2) is 6.91. The average Bonchev–Trinajstić information content (AvgIpc) is 3.14. The minimum absolute atomic E-state index is 0.190. The largest absolute Gasteiger partial charge is 0.340 e. The van der Waals surface area contributed by atoms with Gasteiger partial charge in [-0.25, -0.2) is 0 Å². The molecule has 3 nitrogen and oxygen atoms in total. The zero-order valence-electron chi connectivity index (χ0n) is 12.3. The summed E-state index contributed by atoms with van der Waals surface area (Å²) in [6.45, 7) is 0. The van der Waals surface area contributed by atoms with Gasteiger partial charge in [0.15, 0.2) is 0 Å². The van der Waals surface area contributed by atoms with Crippen molar-refractivity contribution in [2.45, 2.75) is 6.04 Å². The summed E-state index contributed by atoms with van der Waals surface area (Å²) in [5.74, 6) is -0.190. The first-order valence-corrected chi connectivity index (χ1v) is 8.05. The molecule has 1 unspecified atom stereocenters. The van der Waals surface area contributed by atoms with Gasteiger partial charge in [0.05, 0.1) is 17.7 Å². The SMILES string of the molecule is N#Cc1cccc(C(=O)NC(c2ccccc2)c2cccs2)c1. The molecule has 0 saturated carbocycles. The van der Waals surface area contributed by atoms with E-state index in [2.05, 4.69) is 11.4 Å². The first-order chi connectivity index (χ1) is 11.3. The Hall–Kier alpha value is -2.90. The molecule has 0 bridgehead atoms. The zero-order chi connectivity index (χ0) is 16.1. The first-order valence-electron chi connectivity index (χ1n) is 7.17. The highest BCUT2D eigenvalue weighted by Crippen LogP contribution is 2.26. The van der Waals surface area contributed by atoms with E-state index in [1.54, 1.807) is 35.6 Å². The van der Waals surface area contributed by atoms with Crippen LogP contribution in [0.2, 0.25) is 0 Å². The fraction of sp³-hybridized carbons (Fsp3) is 0.0526. The van der Waals surface area contributed by atoms with Crippen LogP contribution in [0.25, 0.3) is 0 Å². The van der Waals surface area contributed by atoms with Gasteiger partial charge in [0, 0.05) is 10.4 Å². The topological polar surface area (TPSA) is 52.9 Å². The maximum absolute atomic E-state index is 12.6. The third kappa shape index (κ3) is 3.47. The van der Waals surface area contributed by atoms with Crippen molar-refractivity contribution in [3.63, 3.8) is 0 Å². The molecule has 0 radical (unpaired) electrons. The lowest BCUT2D eigenvalue weighted by Crippen LogP contribution is -2.28. The minimum atomic E-state index is -0.200. The summed E-state index contributed by atoms with van der Waals surface area (Å²) in [5.41, 5.74) is 1.99. The number of thiophene rings is 1. The molecule has 0 aliphatic heterocycles. The number of nitrogens with zero attached hydrogens (tertiary/aromatic N) is 1. The predicted molar refractivity (Wildman–Crippen MR) is 91.2 cm³/mol. The molecule has 0 aliphatic rings. The maximum Gasteiger partial charge on any atom is 0.252 e. The molecular formula is C19H14N2OS. The van der Waals surface area contributed by atoms with Crippen molar-refractivity contribution in [3.05, 3.63) is 93.7 Å². The van der Waals surface area contributed by atoms with E-state index in [-0.39, 0.29) is 11.9 Å². The number of nitriles is 1. The van der Waals surface area contributed by atoms with Gasteiger partial charge in [-0.05, 0) is 35.2 Å². The van der Waals surface area contributed by atoms with Crippen molar-refractivity contribution < 1.29 is 4.79 Å². The van der Waals surface area contributed by atoms with E-state index in [1.807, 2.05) is 47.8 Å². The summed E-state index contributed by atoms with van der Waals surface area (Å²) in [6.07, 6.45) is 0. The fourth-order valence-corrected chi connectivity index (χ4v) is 3.17. The van der Waals surface area contributed by atoms with Crippen molar-refractivity contribution >= 4 is 17.2 Å². The van der Waals surface area contributed by atoms with Gasteiger partial charge >= 0.3 is 0 Å². The Morgan fingerprint density at radius 2 is 1.87 bits per heavy atom. The van der Waals surface area contributed by atoms with Crippen LogP contribution in [0.1, 0.15) is 32.4 Å². The highest BCUT2D eigenvalue weighted by Gasteiger charge is 2.18. The van der Waals surface area contributed by atoms with Crippen molar-refractivity contribution in [3.8, 4) is 6.07 Å². The summed E-state index contributed by atoms with van der Waals surface area (Å²) in [6, 6.07) is 22.4. The molecule has 1 heterocycles. The van der Waals surface area contributed by atoms with Gasteiger partial charge in [-0.15, -0.1) is 11.3 Å². The molecule has 1 amide bonds. The van der Waals surface area contributed by atoms with Crippen LogP contribution in [-0.4, -0.2) is 5.91 Å². The second-order valence-corrected chi connectivity index (χ2v) is 6.00. The molecule has 0 aliphatic carbocycles. The quantitative estimate of drug-likeness (QED) is 0.786. The molecule has 2 aromatic carbocycles. The minimum Gasteiger partial charge on any atom is -0.340 e. The molecule has 1 aromatic heterocycles. The third-order valence-corrected chi connectivity index (χ3v) is 4.43. The number of amides is 1. The van der Waals surface area contributed by atoms with Gasteiger partial charge in [0.2, 0.25) is 0 Å². The van der Waals surface area contributed by atoms with Crippen molar-refractivity contribution in [2.24, 2.45) is 0 Å². The van der Waals surface area contributed by atoms with E-state index in [4.69, 9.17) is 5.26 Å². The van der Waals surface area contributed by atoms with E-state index in [1.165, 1.54) is 0 Å². The Morgan fingerprint density at radius 3 is 2.57 bits per heavy atom. The van der Waals surface area contributed by atoms with E-state index in [9.17, 15) is 4.79 Å². The normalized spacial score (nSPS) is 11.4. The van der Waals surface area contributed by atoms with Crippen LogP contribution in [0.3, 0.4) is 0 Å². The maximum atomic E-state index is 12.6. The van der Waals surface area contributed by atoms with Gasteiger partial charge in [-0.2, -0.15) is 5.26 Å². The van der Waals surface area contributed by atoms with E-state index in [0.29, 0.717) is 11.1 Å². The van der Waals surface area contributed by atoms with Crippen LogP contribution >= 0.6 is 11.3 Å². The number of nitrogens with one attached hydrogen (secondary N) is 1. The third-order valence-electron chi connectivity index (χ3n) is 3.49. The number of carbonyl (C=O) groups excluding carboxylic acids is 1. The molecular weight excluding hydrogens is 304 g/mol. The molecule has 1 N–H and O–H groups in total. The molecule has 23 heavy (non-hydrogen) atoms. The lowest BCUT2D eigenvalue weighted by Gasteiger charge is -2.18. The Bertz CT molecular complexity index is 835. The second-order valence-electron chi connectivity index (χ2n) is 5.03. The Morgan fingerprint density at radius 1 is 1.04 bits per heavy atom. The lowest BCUT2D eigenvalue weighted by molar-refractivity contribution is 0.0943. The van der Waals surface area contributed by atoms with Crippen LogP contribution in [0.15, 0.2) is 72.1 Å². The molecule has 3 aromatic rings. The van der Waals surface area contributed by atoms with Crippen LogP contribution in [0, 0.1) is 11.3 Å². The van der Waals surface area contributed by atoms with Crippen molar-refractivity contribution in [2.75, 3.05) is 0 Å². The summed E-state index contributed by atoms with van der Waals surface area (Å²) in [5, 5.41) is 14.0. The highest BCUT2D eigenvalue weighted by molar-refractivity contribution is 7.10. The molecule has 0 saturated heterocycles. The van der Waals surface area contributed by atoms with Crippen LogP contribution in [0.4, 0.5) is 0 Å². The monoisotopic (exact) mass is 318 g/mol. The Balaban J connectivity index is 1.90. The molecule has 0 spiro atoms. The summed E-state index contributed by atoms with van der Waals surface area (Å²) >= 11 is 1.60. The summed E-state index contributed by atoms with van der Waals surface area (Å²) in [4.78, 5) is 13.6. The molecule has 3 rings (SSSR count). The number of rotatable bonds is 4. The smallest absolute Gasteiger partial charge is 0.252 e. The molecule has 0 fully saturated rings. The van der Waals surface area contributed by atoms with Gasteiger partial charge in [0.25, 0.3) is 5.91 Å². The highest BCUT2D eigenvalue weighted by atomic mass is 32.1. The Labute approximate surface area is 138 Å². The first kappa shape index (κ1) is 15.0. The van der Waals surface area contributed by atoms with E-state index < -0.39 is 0 Å². The number of benzene rings is 2. The zero-order valence-corrected chi connectivity index (χ0v) is 13.1. The number of hydrogen-bond acceptors (Lipinski definition) is 3. The summed E-state index contributed by atoms with van der Waals surface area (Å²) in [7, 11) is 0. The van der Waals surface area contributed by atoms with Crippen molar-refractivity contribution in [1.29, 1.82) is 5.26 Å². The van der Waals surface area contributed by atoms with Crippen LogP contribution < -0.4 is 5.32 Å². The summed E-state index contributed by atoms with van der Waals surface area (Å²) < 4.78 is 0. The lowest BCUT2D eigenvalue weighted by atomic mass is 10.0. The van der Waals surface area contributed by atoms with E-state index >= 15 is 0 Å². The number of hydrogen-bond donors (Lipinski definition) is 1.